The summed E-state index contributed by atoms with van der Waals surface area (Å²) in [5.74, 6) is -1.38. The average Bonchev–Trinajstić information content (AvgIpc) is 2.14. The molecule has 1 aliphatic heterocycles. The summed E-state index contributed by atoms with van der Waals surface area (Å²) < 4.78 is 10.7. The third kappa shape index (κ3) is 1.36. The van der Waals surface area contributed by atoms with Crippen LogP contribution in [0.3, 0.4) is 0 Å². The van der Waals surface area contributed by atoms with Gasteiger partial charge in [-0.1, -0.05) is 0 Å². The van der Waals surface area contributed by atoms with Gasteiger partial charge in [-0.3, -0.25) is 0 Å². The van der Waals surface area contributed by atoms with Gasteiger partial charge in [-0.2, -0.15) is 0 Å². The molecule has 1 heterocycles. The highest BCUT2D eigenvalue weighted by atomic mass is 16.7. The Morgan fingerprint density at radius 2 is 1.44 bits per heavy atom. The Balaban J connectivity index is 3.32. The maximum Gasteiger partial charge on any atom is 0.197 e. The minimum absolute atomic E-state index is 0.673. The summed E-state index contributed by atoms with van der Waals surface area (Å²) in [6, 6.07) is 0. The number of ether oxygens (including phenoxy) is 2. The predicted octanol–water partition coefficient (Wildman–Crippen LogP) is 0.0207. The van der Waals surface area contributed by atoms with Gasteiger partial charge in [0.25, 0.3) is 0 Å². The molecule has 1 fully saturated rings. The Morgan fingerprint density at radius 1 is 1.00 bits per heavy atom. The monoisotopic (exact) mass is 234 g/mol. The van der Waals surface area contributed by atoms with Gasteiger partial charge in [-0.25, -0.2) is 0 Å². The van der Waals surface area contributed by atoms with E-state index in [0.717, 1.165) is 0 Å². The molecule has 5 atom stereocenters. The van der Waals surface area contributed by atoms with Crippen LogP contribution in [0.2, 0.25) is 0 Å². The summed E-state index contributed by atoms with van der Waals surface area (Å²) in [5, 5.41) is 31.1. The molecule has 5 nitrogen and oxygen atoms in total. The zero-order valence-corrected chi connectivity index (χ0v) is 10.7. The molecule has 96 valence electrons. The van der Waals surface area contributed by atoms with Gasteiger partial charge in [0.2, 0.25) is 0 Å². The minimum atomic E-state index is -1.76. The van der Waals surface area contributed by atoms with Crippen LogP contribution in [0.1, 0.15) is 34.6 Å². The van der Waals surface area contributed by atoms with Crippen LogP contribution < -0.4 is 0 Å². The first-order valence-electron chi connectivity index (χ1n) is 5.34. The Kier molecular flexibility index (Phi) is 2.94. The quantitative estimate of drug-likeness (QED) is 0.596. The Hall–Kier alpha value is -0.200. The van der Waals surface area contributed by atoms with E-state index in [4.69, 9.17) is 9.47 Å². The Bertz CT molecular complexity index is 278. The van der Waals surface area contributed by atoms with E-state index in [-0.39, 0.29) is 0 Å². The molecule has 0 aromatic carbocycles. The van der Waals surface area contributed by atoms with E-state index in [0.29, 0.717) is 0 Å². The fraction of sp³-hybridized carbons (Fsp3) is 1.00. The maximum atomic E-state index is 10.4. The zero-order chi connectivity index (χ0) is 13.0. The molecule has 0 unspecified atom stereocenters. The molecule has 1 rings (SSSR count). The first-order valence-corrected chi connectivity index (χ1v) is 5.34. The van der Waals surface area contributed by atoms with Crippen molar-refractivity contribution in [2.75, 3.05) is 7.11 Å². The van der Waals surface area contributed by atoms with Crippen LogP contribution in [0, 0.1) is 0 Å². The van der Waals surface area contributed by atoms with Gasteiger partial charge in [0.05, 0.1) is 6.10 Å². The van der Waals surface area contributed by atoms with Crippen molar-refractivity contribution < 1.29 is 24.8 Å². The van der Waals surface area contributed by atoms with Crippen LogP contribution in [0.15, 0.2) is 0 Å². The van der Waals surface area contributed by atoms with Gasteiger partial charge in [0, 0.05) is 7.11 Å². The minimum Gasteiger partial charge on any atom is -0.384 e. The first kappa shape index (κ1) is 13.9. The van der Waals surface area contributed by atoms with Crippen molar-refractivity contribution in [2.24, 2.45) is 0 Å². The summed E-state index contributed by atoms with van der Waals surface area (Å²) in [7, 11) is 1.39. The van der Waals surface area contributed by atoms with Crippen molar-refractivity contribution in [3.63, 3.8) is 0 Å². The van der Waals surface area contributed by atoms with Gasteiger partial charge >= 0.3 is 0 Å². The Morgan fingerprint density at radius 3 is 1.81 bits per heavy atom. The Labute approximate surface area is 96.0 Å². The summed E-state index contributed by atoms with van der Waals surface area (Å²) in [4.78, 5) is 0. The normalized spacial score (nSPS) is 58.7. The van der Waals surface area contributed by atoms with E-state index in [2.05, 4.69) is 0 Å². The number of hydrogen-bond acceptors (Lipinski definition) is 5. The molecule has 1 aliphatic rings. The standard InChI is InChI=1S/C11H22O5/c1-7-8(2,12)9(3,13)10(4,14)11(5,15-6)16-7/h7,12-14H,1-6H3/t7-,8+,9+,10+,11+/m1/s1. The molecule has 0 saturated carbocycles. The van der Waals surface area contributed by atoms with Crippen LogP contribution in [0.4, 0.5) is 0 Å². The third-order valence-corrected chi connectivity index (χ3v) is 4.40. The average molecular weight is 234 g/mol. The molecule has 1 saturated heterocycles. The van der Waals surface area contributed by atoms with Gasteiger partial charge < -0.3 is 24.8 Å². The summed E-state index contributed by atoms with van der Waals surface area (Å²) >= 11 is 0. The molecule has 0 amide bonds. The number of aliphatic hydroxyl groups is 3. The lowest BCUT2D eigenvalue weighted by Crippen LogP contribution is -2.80. The molecule has 0 aliphatic carbocycles. The molecule has 0 aromatic rings. The van der Waals surface area contributed by atoms with Crippen LogP contribution in [0.25, 0.3) is 0 Å². The highest BCUT2D eigenvalue weighted by Gasteiger charge is 2.69. The van der Waals surface area contributed by atoms with Crippen LogP contribution in [0.5, 0.6) is 0 Å². The maximum absolute atomic E-state index is 10.4. The van der Waals surface area contributed by atoms with E-state index in [9.17, 15) is 15.3 Å². The lowest BCUT2D eigenvalue weighted by Gasteiger charge is -2.60. The smallest absolute Gasteiger partial charge is 0.197 e. The fourth-order valence-corrected chi connectivity index (χ4v) is 2.14. The van der Waals surface area contributed by atoms with E-state index < -0.39 is 28.7 Å². The first-order chi connectivity index (χ1) is 6.94. The molecular weight excluding hydrogens is 212 g/mol. The van der Waals surface area contributed by atoms with Gasteiger partial charge in [0.15, 0.2) is 5.79 Å². The summed E-state index contributed by atoms with van der Waals surface area (Å²) in [6.45, 7) is 7.36. The highest BCUT2D eigenvalue weighted by Crippen LogP contribution is 2.49. The number of hydrogen-bond donors (Lipinski definition) is 3. The van der Waals surface area contributed by atoms with E-state index in [1.165, 1.54) is 34.8 Å². The van der Waals surface area contributed by atoms with E-state index in [1.54, 1.807) is 6.92 Å². The van der Waals surface area contributed by atoms with E-state index >= 15 is 0 Å². The van der Waals surface area contributed by atoms with Gasteiger partial charge in [-0.05, 0) is 34.6 Å². The molecule has 0 radical (unpaired) electrons. The molecule has 0 bridgehead atoms. The highest BCUT2D eigenvalue weighted by molar-refractivity contribution is 5.16. The molecule has 16 heavy (non-hydrogen) atoms. The molecule has 3 N–H and O–H groups in total. The lowest BCUT2D eigenvalue weighted by atomic mass is 9.65. The van der Waals surface area contributed by atoms with Crippen molar-refractivity contribution in [3.05, 3.63) is 0 Å². The van der Waals surface area contributed by atoms with Gasteiger partial charge in [0.1, 0.15) is 16.8 Å². The van der Waals surface area contributed by atoms with Crippen LogP contribution >= 0.6 is 0 Å². The molecule has 0 aromatic heterocycles. The molecule has 0 spiro atoms. The van der Waals surface area contributed by atoms with Crippen molar-refractivity contribution in [1.82, 2.24) is 0 Å². The summed E-state index contributed by atoms with van der Waals surface area (Å²) in [5.41, 5.74) is -5.08. The predicted molar refractivity (Wildman–Crippen MR) is 57.8 cm³/mol. The number of methoxy groups -OCH3 is 1. The fourth-order valence-electron chi connectivity index (χ4n) is 2.14. The topological polar surface area (TPSA) is 79.2 Å². The summed E-state index contributed by atoms with van der Waals surface area (Å²) in [6.07, 6.45) is -0.673. The second kappa shape index (κ2) is 3.40. The molecule has 5 heteroatoms. The largest absolute Gasteiger partial charge is 0.384 e. The second-order valence-corrected chi connectivity index (χ2v) is 5.20. The lowest BCUT2D eigenvalue weighted by molar-refractivity contribution is -0.424. The van der Waals surface area contributed by atoms with Crippen molar-refractivity contribution in [2.45, 2.75) is 63.3 Å². The number of rotatable bonds is 1. The van der Waals surface area contributed by atoms with Gasteiger partial charge in [-0.15, -0.1) is 0 Å². The van der Waals surface area contributed by atoms with Crippen molar-refractivity contribution in [3.8, 4) is 0 Å². The van der Waals surface area contributed by atoms with Crippen LogP contribution in [-0.2, 0) is 9.47 Å². The zero-order valence-electron chi connectivity index (χ0n) is 10.7. The van der Waals surface area contributed by atoms with Crippen molar-refractivity contribution >= 4 is 0 Å². The molecular formula is C11H22O5. The SMILES string of the molecule is CO[C@@]1(C)O[C@H](C)[C@](C)(O)[C@](C)(O)[C@]1(C)O. The van der Waals surface area contributed by atoms with Crippen molar-refractivity contribution in [1.29, 1.82) is 0 Å². The van der Waals surface area contributed by atoms with Crippen LogP contribution in [-0.4, -0.2) is 51.1 Å². The van der Waals surface area contributed by atoms with E-state index in [1.807, 2.05) is 0 Å². The third-order valence-electron chi connectivity index (χ3n) is 4.40. The second-order valence-electron chi connectivity index (χ2n) is 5.20.